The maximum absolute atomic E-state index is 8.66. The van der Waals surface area contributed by atoms with E-state index >= 15 is 0 Å². The van der Waals surface area contributed by atoms with Crippen molar-refractivity contribution in [1.82, 2.24) is 4.57 Å². The van der Waals surface area contributed by atoms with E-state index in [1.54, 1.807) is 0 Å². The van der Waals surface area contributed by atoms with Crippen molar-refractivity contribution < 1.29 is 6.85 Å². The van der Waals surface area contributed by atoms with E-state index < -0.39 is 6.04 Å². The highest BCUT2D eigenvalue weighted by atomic mass is 79.9. The number of fused-ring (bicyclic) bond motifs is 3. The van der Waals surface area contributed by atoms with Crippen molar-refractivity contribution in [1.29, 1.82) is 0 Å². The van der Waals surface area contributed by atoms with Crippen molar-refractivity contribution in [2.45, 2.75) is 0 Å². The number of halogens is 1. The molecule has 0 saturated carbocycles. The van der Waals surface area contributed by atoms with Crippen molar-refractivity contribution in [3.05, 3.63) is 174 Å². The maximum Gasteiger partial charge on any atom is 0.0629 e. The zero-order chi connectivity index (χ0) is 33.8. The van der Waals surface area contributed by atoms with Gasteiger partial charge in [0.05, 0.1) is 17.9 Å². The molecule has 0 aliphatic heterocycles. The Kier molecular flexibility index (Phi) is 5.45. The van der Waals surface area contributed by atoms with Gasteiger partial charge in [0.25, 0.3) is 0 Å². The number of nitrogens with zero attached hydrogens (tertiary/aromatic N) is 1. The minimum absolute atomic E-state index is 0.193. The van der Waals surface area contributed by atoms with Crippen LogP contribution in [-0.4, -0.2) is 4.57 Å². The van der Waals surface area contributed by atoms with Crippen molar-refractivity contribution >= 4 is 37.7 Å². The molecule has 0 fully saturated rings. The fraction of sp³-hybridized carbons (Fsp3) is 0. The van der Waals surface area contributed by atoms with Gasteiger partial charge < -0.3 is 4.57 Å². The summed E-state index contributed by atoms with van der Waals surface area (Å²) in [7, 11) is 0. The average Bonchev–Trinajstić information content (AvgIpc) is 3.47. The molecular formula is C42H28BrN. The second-order valence-electron chi connectivity index (χ2n) is 10.7. The molecule has 44 heavy (non-hydrogen) atoms. The van der Waals surface area contributed by atoms with Gasteiger partial charge in [-0.3, -0.25) is 0 Å². The SMILES string of the molecule is [2H]c1c([2H])c([2H])c(-c2ccccc2-c2cccc(-n3c4ccccc4c4ccc(-c5ccccc5-c5ccc(Br)cc5)cc43)c2)c([2H])c1[2H]. The zero-order valence-electron chi connectivity index (χ0n) is 28.6. The fourth-order valence-electron chi connectivity index (χ4n) is 6.18. The van der Waals surface area contributed by atoms with Crippen LogP contribution in [0, 0.1) is 0 Å². The number of benzene rings is 7. The van der Waals surface area contributed by atoms with Gasteiger partial charge in [-0.15, -0.1) is 0 Å². The smallest absolute Gasteiger partial charge is 0.0629 e. The lowest BCUT2D eigenvalue weighted by Crippen LogP contribution is -1.95. The summed E-state index contributed by atoms with van der Waals surface area (Å²) in [6, 6.07) is 46.2. The number of hydrogen-bond donors (Lipinski definition) is 0. The fourth-order valence-corrected chi connectivity index (χ4v) is 6.45. The Morgan fingerprint density at radius 3 is 1.73 bits per heavy atom. The monoisotopic (exact) mass is 630 g/mol. The van der Waals surface area contributed by atoms with E-state index in [4.69, 9.17) is 6.85 Å². The van der Waals surface area contributed by atoms with Crippen LogP contribution in [0.1, 0.15) is 6.85 Å². The molecule has 0 spiro atoms. The molecule has 1 aromatic heterocycles. The first-order valence-corrected chi connectivity index (χ1v) is 15.3. The van der Waals surface area contributed by atoms with Gasteiger partial charge >= 0.3 is 0 Å². The van der Waals surface area contributed by atoms with Gasteiger partial charge in [-0.05, 0) is 80.9 Å². The molecule has 0 saturated heterocycles. The molecule has 8 rings (SSSR count). The van der Waals surface area contributed by atoms with Crippen molar-refractivity contribution in [3.63, 3.8) is 0 Å². The molecule has 1 nitrogen and oxygen atoms in total. The van der Waals surface area contributed by atoms with Crippen LogP contribution in [0.5, 0.6) is 0 Å². The number of hydrogen-bond acceptors (Lipinski definition) is 0. The molecule has 0 atom stereocenters. The average molecular weight is 632 g/mol. The number of rotatable bonds is 5. The first-order chi connectivity index (χ1) is 23.8. The highest BCUT2D eigenvalue weighted by molar-refractivity contribution is 9.10. The first-order valence-electron chi connectivity index (χ1n) is 17.0. The molecule has 0 aliphatic rings. The predicted octanol–water partition coefficient (Wildman–Crippen LogP) is 12.2. The Morgan fingerprint density at radius 1 is 0.432 bits per heavy atom. The molecule has 0 bridgehead atoms. The molecule has 2 heteroatoms. The Morgan fingerprint density at radius 2 is 1.00 bits per heavy atom. The summed E-state index contributed by atoms with van der Waals surface area (Å²) < 4.78 is 45.3. The van der Waals surface area contributed by atoms with Crippen molar-refractivity contribution in [2.24, 2.45) is 0 Å². The molecule has 1 heterocycles. The summed E-state index contributed by atoms with van der Waals surface area (Å²) in [5.41, 5.74) is 10.1. The van der Waals surface area contributed by atoms with E-state index in [1.807, 2.05) is 36.4 Å². The van der Waals surface area contributed by atoms with E-state index in [2.05, 4.69) is 124 Å². The third kappa shape index (κ3) is 4.65. The third-order valence-corrected chi connectivity index (χ3v) is 8.71. The quantitative estimate of drug-likeness (QED) is 0.178. The highest BCUT2D eigenvalue weighted by Crippen LogP contribution is 2.39. The Balaban J connectivity index is 1.33. The molecule has 7 aromatic carbocycles. The molecule has 8 aromatic rings. The molecule has 0 N–H and O–H groups in total. The molecule has 0 amide bonds. The summed E-state index contributed by atoms with van der Waals surface area (Å²) in [4.78, 5) is 0. The topological polar surface area (TPSA) is 4.93 Å². The van der Waals surface area contributed by atoms with Crippen molar-refractivity contribution in [3.8, 4) is 50.2 Å². The molecular weight excluding hydrogens is 598 g/mol. The zero-order valence-corrected chi connectivity index (χ0v) is 25.2. The summed E-state index contributed by atoms with van der Waals surface area (Å²) in [6.45, 7) is 0. The minimum atomic E-state index is -0.400. The number of para-hydroxylation sites is 1. The van der Waals surface area contributed by atoms with Gasteiger partial charge in [-0.1, -0.05) is 149 Å². The normalized spacial score (nSPS) is 12.9. The van der Waals surface area contributed by atoms with Crippen LogP contribution in [0.15, 0.2) is 174 Å². The standard InChI is InChI=1S/C42H28BrN/c43-33-24-21-30(22-25-33)36-16-5-7-18-38(36)32-23-26-40-39-19-8-9-20-41(39)44(42(40)28-32)34-14-10-13-31(27-34)37-17-6-4-15-35(37)29-11-2-1-3-12-29/h1-28H/i1D,2D,3D,11D,12D. The largest absolute Gasteiger partial charge is 0.309 e. The molecule has 0 unspecified atom stereocenters. The van der Waals surface area contributed by atoms with Crippen LogP contribution >= 0.6 is 15.9 Å². The van der Waals surface area contributed by atoms with Crippen LogP contribution in [0.2, 0.25) is 0 Å². The summed E-state index contributed by atoms with van der Waals surface area (Å²) >= 11 is 3.56. The second kappa shape index (κ2) is 11.1. The van der Waals surface area contributed by atoms with E-state index in [9.17, 15) is 0 Å². The lowest BCUT2D eigenvalue weighted by Gasteiger charge is -2.14. The first kappa shape index (κ1) is 21.5. The van der Waals surface area contributed by atoms with Gasteiger partial charge in [-0.25, -0.2) is 0 Å². The lowest BCUT2D eigenvalue weighted by molar-refractivity contribution is 1.18. The molecule has 0 aliphatic carbocycles. The summed E-state index contributed by atoms with van der Waals surface area (Å²) in [6.07, 6.45) is 0. The predicted molar refractivity (Wildman–Crippen MR) is 190 cm³/mol. The number of aromatic nitrogens is 1. The lowest BCUT2D eigenvalue weighted by atomic mass is 9.94. The molecule has 0 radical (unpaired) electrons. The third-order valence-electron chi connectivity index (χ3n) is 8.18. The van der Waals surface area contributed by atoms with Crippen LogP contribution in [0.3, 0.4) is 0 Å². The van der Waals surface area contributed by atoms with E-state index in [0.29, 0.717) is 5.56 Å². The summed E-state index contributed by atoms with van der Waals surface area (Å²) in [5.74, 6) is 0. The van der Waals surface area contributed by atoms with E-state index in [-0.39, 0.29) is 29.7 Å². The van der Waals surface area contributed by atoms with Crippen LogP contribution in [0.25, 0.3) is 72.0 Å². The second-order valence-corrected chi connectivity index (χ2v) is 11.6. The van der Waals surface area contributed by atoms with E-state index in [1.165, 1.54) is 0 Å². The van der Waals surface area contributed by atoms with Gasteiger partial charge in [0.15, 0.2) is 0 Å². The van der Waals surface area contributed by atoms with Crippen molar-refractivity contribution in [2.75, 3.05) is 0 Å². The Bertz CT molecular complexity index is 2540. The van der Waals surface area contributed by atoms with Crippen LogP contribution in [-0.2, 0) is 0 Å². The van der Waals surface area contributed by atoms with E-state index in [0.717, 1.165) is 65.3 Å². The summed E-state index contributed by atoms with van der Waals surface area (Å²) in [5, 5.41) is 2.29. The van der Waals surface area contributed by atoms with Crippen LogP contribution in [0.4, 0.5) is 0 Å². The Labute approximate surface area is 272 Å². The van der Waals surface area contributed by atoms with Gasteiger partial charge in [0.2, 0.25) is 0 Å². The van der Waals surface area contributed by atoms with Gasteiger partial charge in [0.1, 0.15) is 0 Å². The highest BCUT2D eigenvalue weighted by Gasteiger charge is 2.16. The Hall–Kier alpha value is -5.18. The maximum atomic E-state index is 8.66. The van der Waals surface area contributed by atoms with Gasteiger partial charge in [0, 0.05) is 20.9 Å². The minimum Gasteiger partial charge on any atom is -0.309 e. The van der Waals surface area contributed by atoms with Gasteiger partial charge in [-0.2, -0.15) is 0 Å². The van der Waals surface area contributed by atoms with Crippen LogP contribution < -0.4 is 0 Å². The molecule has 208 valence electrons.